The first-order valence-electron chi connectivity index (χ1n) is 7.48. The van der Waals surface area contributed by atoms with Crippen LogP contribution in [0.4, 0.5) is 0 Å². The molecule has 3 rings (SSSR count). The molecule has 25 heavy (non-hydrogen) atoms. The van der Waals surface area contributed by atoms with E-state index in [9.17, 15) is 4.79 Å². The summed E-state index contributed by atoms with van der Waals surface area (Å²) in [6.07, 6.45) is 1.42. The van der Waals surface area contributed by atoms with Crippen LogP contribution in [0.2, 0.25) is 10.0 Å². The number of carbonyl (C=O) groups is 1. The van der Waals surface area contributed by atoms with Crippen molar-refractivity contribution in [2.45, 2.75) is 6.92 Å². The smallest absolute Gasteiger partial charge is 0.272 e. The number of nitrogens with one attached hydrogen (secondary N) is 1. The van der Waals surface area contributed by atoms with Crippen LogP contribution in [0.1, 0.15) is 21.7 Å². The maximum absolute atomic E-state index is 12.1. The van der Waals surface area contributed by atoms with Crippen LogP contribution < -0.4 is 5.43 Å². The van der Waals surface area contributed by atoms with Gasteiger partial charge in [-0.05, 0) is 48.9 Å². The summed E-state index contributed by atoms with van der Waals surface area (Å²) in [5, 5.41) is 4.92. The summed E-state index contributed by atoms with van der Waals surface area (Å²) in [5.74, 6) is 0.782. The van der Waals surface area contributed by atoms with Gasteiger partial charge in [0.15, 0.2) is 0 Å². The molecule has 0 atom stereocenters. The third kappa shape index (κ3) is 4.29. The Kier molecular flexibility index (Phi) is 5.22. The van der Waals surface area contributed by atoms with E-state index in [2.05, 4.69) is 10.5 Å². The Morgan fingerprint density at radius 2 is 1.96 bits per heavy atom. The van der Waals surface area contributed by atoms with Crippen LogP contribution in [0.3, 0.4) is 0 Å². The fourth-order valence-corrected chi connectivity index (χ4v) is 2.75. The lowest BCUT2D eigenvalue weighted by Crippen LogP contribution is -2.18. The number of hydrogen-bond acceptors (Lipinski definition) is 3. The molecule has 1 amide bonds. The number of hydrazone groups is 1. The van der Waals surface area contributed by atoms with E-state index in [0.717, 1.165) is 11.1 Å². The standard InChI is InChI=1S/C19H14Cl2N2O2/c1-12-5-7-16(17(21)9-12)19(24)23-22-11-15-6-8-18(25-15)13-3-2-4-14(20)10-13/h2-11H,1H3,(H,23,24)/b22-11+. The van der Waals surface area contributed by atoms with E-state index in [1.54, 1.807) is 24.3 Å². The molecule has 1 aromatic heterocycles. The highest BCUT2D eigenvalue weighted by Gasteiger charge is 2.09. The molecule has 0 bridgehead atoms. The normalized spacial score (nSPS) is 11.0. The Morgan fingerprint density at radius 3 is 2.72 bits per heavy atom. The largest absolute Gasteiger partial charge is 0.455 e. The highest BCUT2D eigenvalue weighted by atomic mass is 35.5. The molecule has 0 fully saturated rings. The zero-order valence-electron chi connectivity index (χ0n) is 13.3. The number of benzene rings is 2. The molecule has 0 saturated heterocycles. The highest BCUT2D eigenvalue weighted by Crippen LogP contribution is 2.24. The zero-order valence-corrected chi connectivity index (χ0v) is 14.8. The predicted molar refractivity (Wildman–Crippen MR) is 100 cm³/mol. The molecule has 1 N–H and O–H groups in total. The molecule has 0 aliphatic heterocycles. The number of halogens is 2. The van der Waals surface area contributed by atoms with Gasteiger partial charge in [0.25, 0.3) is 5.91 Å². The first-order valence-corrected chi connectivity index (χ1v) is 8.24. The molecule has 0 saturated carbocycles. The maximum atomic E-state index is 12.1. The fourth-order valence-electron chi connectivity index (χ4n) is 2.24. The molecule has 6 heteroatoms. The van der Waals surface area contributed by atoms with Crippen molar-refractivity contribution in [3.8, 4) is 11.3 Å². The van der Waals surface area contributed by atoms with Crippen LogP contribution in [0.25, 0.3) is 11.3 Å². The summed E-state index contributed by atoms with van der Waals surface area (Å²) < 4.78 is 5.67. The van der Waals surface area contributed by atoms with Crippen LogP contribution in [-0.4, -0.2) is 12.1 Å². The van der Waals surface area contributed by atoms with Crippen molar-refractivity contribution < 1.29 is 9.21 Å². The van der Waals surface area contributed by atoms with E-state index in [1.165, 1.54) is 6.21 Å². The Bertz CT molecular complexity index is 948. The maximum Gasteiger partial charge on any atom is 0.272 e. The van der Waals surface area contributed by atoms with Crippen molar-refractivity contribution in [2.24, 2.45) is 5.10 Å². The minimum Gasteiger partial charge on any atom is -0.455 e. The van der Waals surface area contributed by atoms with Gasteiger partial charge in [-0.25, -0.2) is 5.43 Å². The number of rotatable bonds is 4. The van der Waals surface area contributed by atoms with Crippen molar-refractivity contribution in [3.05, 3.63) is 81.5 Å². The minimum atomic E-state index is -0.386. The number of carbonyl (C=O) groups excluding carboxylic acids is 1. The first-order chi connectivity index (χ1) is 12.0. The lowest BCUT2D eigenvalue weighted by Gasteiger charge is -2.03. The quantitative estimate of drug-likeness (QED) is 0.497. The van der Waals surface area contributed by atoms with Crippen molar-refractivity contribution in [1.29, 1.82) is 0 Å². The van der Waals surface area contributed by atoms with Crippen LogP contribution >= 0.6 is 23.2 Å². The molecule has 0 aliphatic rings. The van der Waals surface area contributed by atoms with E-state index < -0.39 is 0 Å². The molecule has 3 aromatic rings. The predicted octanol–water partition coefficient (Wildman–Crippen LogP) is 5.33. The van der Waals surface area contributed by atoms with Gasteiger partial charge in [0, 0.05) is 10.6 Å². The van der Waals surface area contributed by atoms with Crippen molar-refractivity contribution in [1.82, 2.24) is 5.43 Å². The molecule has 1 heterocycles. The lowest BCUT2D eigenvalue weighted by atomic mass is 10.1. The Labute approximate surface area is 155 Å². The lowest BCUT2D eigenvalue weighted by molar-refractivity contribution is 0.0955. The number of furan rings is 1. The Hall–Kier alpha value is -2.56. The average Bonchev–Trinajstić information content (AvgIpc) is 3.03. The third-order valence-electron chi connectivity index (χ3n) is 3.46. The number of aryl methyl sites for hydroxylation is 1. The van der Waals surface area contributed by atoms with Crippen molar-refractivity contribution >= 4 is 35.3 Å². The first kappa shape index (κ1) is 17.3. The topological polar surface area (TPSA) is 54.6 Å². The summed E-state index contributed by atoms with van der Waals surface area (Å²) in [7, 11) is 0. The summed E-state index contributed by atoms with van der Waals surface area (Å²) >= 11 is 12.0. The van der Waals surface area contributed by atoms with Gasteiger partial charge in [-0.1, -0.05) is 41.4 Å². The van der Waals surface area contributed by atoms with Crippen LogP contribution in [-0.2, 0) is 0 Å². The van der Waals surface area contributed by atoms with Gasteiger partial charge in [0.1, 0.15) is 11.5 Å². The van der Waals surface area contributed by atoms with E-state index in [4.69, 9.17) is 27.6 Å². The number of hydrogen-bond donors (Lipinski definition) is 1. The molecular weight excluding hydrogens is 359 g/mol. The second-order valence-electron chi connectivity index (χ2n) is 5.39. The van der Waals surface area contributed by atoms with Gasteiger partial charge in [-0.3, -0.25) is 4.79 Å². The summed E-state index contributed by atoms with van der Waals surface area (Å²) in [6.45, 7) is 1.90. The second kappa shape index (κ2) is 7.55. The van der Waals surface area contributed by atoms with Crippen LogP contribution in [0.15, 0.2) is 64.1 Å². The molecule has 0 spiro atoms. The van der Waals surface area contributed by atoms with Crippen molar-refractivity contribution in [3.63, 3.8) is 0 Å². The monoisotopic (exact) mass is 372 g/mol. The minimum absolute atomic E-state index is 0.364. The molecular formula is C19H14Cl2N2O2. The number of nitrogens with zero attached hydrogens (tertiary/aromatic N) is 1. The van der Waals surface area contributed by atoms with Crippen molar-refractivity contribution in [2.75, 3.05) is 0 Å². The van der Waals surface area contributed by atoms with Gasteiger partial charge in [0.05, 0.1) is 16.8 Å². The molecule has 0 radical (unpaired) electrons. The molecule has 0 aliphatic carbocycles. The van der Waals surface area contributed by atoms with Gasteiger partial charge < -0.3 is 4.42 Å². The Morgan fingerprint density at radius 1 is 1.12 bits per heavy atom. The Balaban J connectivity index is 1.68. The summed E-state index contributed by atoms with van der Waals surface area (Å²) in [5.41, 5.74) is 4.64. The third-order valence-corrected chi connectivity index (χ3v) is 4.01. The highest BCUT2D eigenvalue weighted by molar-refractivity contribution is 6.33. The van der Waals surface area contributed by atoms with E-state index >= 15 is 0 Å². The van der Waals surface area contributed by atoms with E-state index in [-0.39, 0.29) is 5.91 Å². The molecule has 2 aromatic carbocycles. The molecule has 4 nitrogen and oxygen atoms in total. The van der Waals surface area contributed by atoms with E-state index in [0.29, 0.717) is 27.1 Å². The van der Waals surface area contributed by atoms with Gasteiger partial charge >= 0.3 is 0 Å². The summed E-state index contributed by atoms with van der Waals surface area (Å²) in [6, 6.07) is 16.1. The number of amides is 1. The van der Waals surface area contributed by atoms with Gasteiger partial charge in [-0.2, -0.15) is 5.10 Å². The van der Waals surface area contributed by atoms with Crippen LogP contribution in [0.5, 0.6) is 0 Å². The molecule has 126 valence electrons. The van der Waals surface area contributed by atoms with E-state index in [1.807, 2.05) is 37.3 Å². The second-order valence-corrected chi connectivity index (χ2v) is 6.24. The SMILES string of the molecule is Cc1ccc(C(=O)N/N=C/c2ccc(-c3cccc(Cl)c3)o2)c(Cl)c1. The molecule has 0 unspecified atom stereocenters. The zero-order chi connectivity index (χ0) is 17.8. The van der Waals surface area contributed by atoms with Crippen LogP contribution in [0, 0.1) is 6.92 Å². The van der Waals surface area contributed by atoms with Gasteiger partial charge in [-0.15, -0.1) is 0 Å². The fraction of sp³-hybridized carbons (Fsp3) is 0.0526. The average molecular weight is 373 g/mol. The van der Waals surface area contributed by atoms with Gasteiger partial charge in [0.2, 0.25) is 0 Å². The summed E-state index contributed by atoms with van der Waals surface area (Å²) in [4.78, 5) is 12.1.